The molecule has 0 radical (unpaired) electrons. The summed E-state index contributed by atoms with van der Waals surface area (Å²) in [5, 5.41) is 0. The Hall–Kier alpha value is -4.48. The third-order valence-electron chi connectivity index (χ3n) is 8.29. The van der Waals surface area contributed by atoms with E-state index in [1.165, 1.54) is 11.6 Å². The lowest BCUT2D eigenvalue weighted by Crippen LogP contribution is -2.24. The molecule has 0 saturated carbocycles. The van der Waals surface area contributed by atoms with Crippen molar-refractivity contribution in [1.29, 1.82) is 0 Å². The number of hydrogen-bond donors (Lipinski definition) is 2. The first-order valence-corrected chi connectivity index (χ1v) is 18.3. The van der Waals surface area contributed by atoms with E-state index in [2.05, 4.69) is 42.7 Å². The minimum atomic E-state index is -4.92. The molecule has 47 heavy (non-hydrogen) atoms. The SMILES string of the molecule is CCC(Cc1ccccc1)c1ccc(C(c2ccc(S(=O)(=O)O)cc2S(=O)(=O)O)=[N+]2C=CC(=[N+](CC)Cc3ccccc3)C=C2)cc1. The standard InChI is InChI=1S/C37H36N2O6S2/c1-3-30(25-28-11-7-5-8-12-28)31-15-17-32(18-16-31)37(35-20-19-34(46(40,41)42)26-36(35)47(43,44)45)39-23-21-33(22-24-39)38(4-2)27-29-13-9-6-10-14-29/h5-24,26,30H,3-4,25,27H2,1-2H3/p+2. The summed E-state index contributed by atoms with van der Waals surface area (Å²) in [7, 11) is -9.66. The van der Waals surface area contributed by atoms with Crippen LogP contribution in [0.4, 0.5) is 0 Å². The average Bonchev–Trinajstić information content (AvgIpc) is 3.07. The van der Waals surface area contributed by atoms with Gasteiger partial charge in [-0.2, -0.15) is 21.4 Å². The van der Waals surface area contributed by atoms with Crippen LogP contribution >= 0.6 is 0 Å². The maximum atomic E-state index is 12.7. The lowest BCUT2D eigenvalue weighted by molar-refractivity contribution is -0.539. The Kier molecular flexibility index (Phi) is 10.5. The van der Waals surface area contributed by atoms with Crippen molar-refractivity contribution in [2.24, 2.45) is 0 Å². The Morgan fingerprint density at radius 3 is 1.87 bits per heavy atom. The van der Waals surface area contributed by atoms with E-state index in [4.69, 9.17) is 0 Å². The molecule has 8 nitrogen and oxygen atoms in total. The second-order valence-corrected chi connectivity index (χ2v) is 14.1. The number of benzene rings is 4. The Bertz CT molecular complexity index is 2070. The van der Waals surface area contributed by atoms with Crippen LogP contribution in [0.5, 0.6) is 0 Å². The first-order valence-electron chi connectivity index (χ1n) is 15.4. The van der Waals surface area contributed by atoms with Crippen molar-refractivity contribution in [3.05, 3.63) is 155 Å². The average molecular weight is 671 g/mol. The van der Waals surface area contributed by atoms with Crippen molar-refractivity contribution >= 4 is 31.7 Å². The van der Waals surface area contributed by atoms with Crippen molar-refractivity contribution in [2.45, 2.75) is 48.9 Å². The van der Waals surface area contributed by atoms with Gasteiger partial charge in [-0.05, 0) is 67.1 Å². The van der Waals surface area contributed by atoms with E-state index in [9.17, 15) is 25.9 Å². The molecule has 242 valence electrons. The highest BCUT2D eigenvalue weighted by Gasteiger charge is 2.30. The molecule has 0 aromatic heterocycles. The zero-order chi connectivity index (χ0) is 33.6. The Morgan fingerprint density at radius 2 is 1.34 bits per heavy atom. The van der Waals surface area contributed by atoms with Gasteiger partial charge in [-0.25, -0.2) is 4.58 Å². The van der Waals surface area contributed by atoms with Crippen molar-refractivity contribution in [2.75, 3.05) is 6.54 Å². The van der Waals surface area contributed by atoms with Gasteiger partial charge in [0.05, 0.1) is 22.6 Å². The molecule has 1 aliphatic rings. The molecule has 0 saturated heterocycles. The molecule has 0 aliphatic carbocycles. The summed E-state index contributed by atoms with van der Waals surface area (Å²) in [6.07, 6.45) is 9.25. The van der Waals surface area contributed by atoms with Gasteiger partial charge in [0, 0.05) is 11.1 Å². The van der Waals surface area contributed by atoms with Crippen molar-refractivity contribution < 1.29 is 35.1 Å². The van der Waals surface area contributed by atoms with Crippen molar-refractivity contribution in [3.63, 3.8) is 0 Å². The van der Waals surface area contributed by atoms with Crippen LogP contribution in [-0.4, -0.2) is 53.1 Å². The minimum absolute atomic E-state index is 0.0679. The molecule has 1 unspecified atom stereocenters. The molecule has 4 aromatic rings. The zero-order valence-corrected chi connectivity index (χ0v) is 27.9. The lowest BCUT2D eigenvalue weighted by atomic mass is 9.88. The molecule has 1 aliphatic heterocycles. The van der Waals surface area contributed by atoms with Crippen LogP contribution in [0.1, 0.15) is 54.0 Å². The molecular formula is C37H38N2O6S2+2. The van der Waals surface area contributed by atoms with Crippen LogP contribution in [0.25, 0.3) is 0 Å². The Morgan fingerprint density at radius 1 is 0.745 bits per heavy atom. The quantitative estimate of drug-likeness (QED) is 0.140. The fourth-order valence-electron chi connectivity index (χ4n) is 5.79. The van der Waals surface area contributed by atoms with Crippen molar-refractivity contribution in [3.8, 4) is 0 Å². The monoisotopic (exact) mass is 670 g/mol. The molecule has 2 N–H and O–H groups in total. The lowest BCUT2D eigenvalue weighted by Gasteiger charge is -2.17. The summed E-state index contributed by atoms with van der Waals surface area (Å²) < 4.78 is 73.0. The first-order chi connectivity index (χ1) is 22.5. The van der Waals surface area contributed by atoms with E-state index < -0.39 is 30.0 Å². The zero-order valence-electron chi connectivity index (χ0n) is 26.3. The molecule has 5 rings (SSSR count). The predicted octanol–water partition coefficient (Wildman–Crippen LogP) is 6.48. The van der Waals surface area contributed by atoms with E-state index in [1.807, 2.05) is 72.8 Å². The maximum Gasteiger partial charge on any atom is 0.295 e. The van der Waals surface area contributed by atoms with E-state index in [0.29, 0.717) is 17.8 Å². The molecule has 0 fully saturated rings. The molecule has 0 amide bonds. The molecular weight excluding hydrogens is 633 g/mol. The van der Waals surface area contributed by atoms with Gasteiger partial charge in [0.1, 0.15) is 11.4 Å². The van der Waals surface area contributed by atoms with Gasteiger partial charge in [-0.1, -0.05) is 79.7 Å². The second kappa shape index (κ2) is 14.5. The second-order valence-electron chi connectivity index (χ2n) is 11.3. The molecule has 10 heteroatoms. The highest BCUT2D eigenvalue weighted by atomic mass is 32.2. The third kappa shape index (κ3) is 8.28. The van der Waals surface area contributed by atoms with Gasteiger partial charge < -0.3 is 0 Å². The smallest absolute Gasteiger partial charge is 0.282 e. The van der Waals surface area contributed by atoms with E-state index in [-0.39, 0.29) is 11.5 Å². The van der Waals surface area contributed by atoms with Crippen LogP contribution in [-0.2, 0) is 33.2 Å². The van der Waals surface area contributed by atoms with Gasteiger partial charge in [0.25, 0.3) is 20.2 Å². The van der Waals surface area contributed by atoms with Crippen LogP contribution in [0, 0.1) is 0 Å². The summed E-state index contributed by atoms with van der Waals surface area (Å²) in [5.41, 5.74) is 5.58. The normalized spacial score (nSPS) is 13.9. The summed E-state index contributed by atoms with van der Waals surface area (Å²) in [6, 6.07) is 31.4. The van der Waals surface area contributed by atoms with Gasteiger partial charge >= 0.3 is 0 Å². The summed E-state index contributed by atoms with van der Waals surface area (Å²) in [5.74, 6) is 0.258. The molecule has 1 atom stereocenters. The van der Waals surface area contributed by atoms with E-state index >= 15 is 0 Å². The van der Waals surface area contributed by atoms with Crippen LogP contribution in [0.15, 0.2) is 137 Å². The summed E-state index contributed by atoms with van der Waals surface area (Å²) in [4.78, 5) is -1.28. The van der Waals surface area contributed by atoms with Gasteiger partial charge in [0.15, 0.2) is 18.9 Å². The Balaban J connectivity index is 1.63. The molecule has 4 aromatic carbocycles. The summed E-state index contributed by atoms with van der Waals surface area (Å²) in [6.45, 7) is 5.66. The topological polar surface area (TPSA) is 115 Å². The number of nitrogens with zero attached hydrogens (tertiary/aromatic N) is 2. The van der Waals surface area contributed by atoms with Gasteiger partial charge in [-0.3, -0.25) is 9.11 Å². The third-order valence-corrected chi connectivity index (χ3v) is 10.0. The largest absolute Gasteiger partial charge is 0.295 e. The van der Waals surface area contributed by atoms with Crippen LogP contribution in [0.2, 0.25) is 0 Å². The minimum Gasteiger partial charge on any atom is -0.282 e. The number of rotatable bonds is 11. The molecule has 0 spiro atoms. The highest BCUT2D eigenvalue weighted by Crippen LogP contribution is 2.28. The predicted molar refractivity (Wildman–Crippen MR) is 183 cm³/mol. The molecule has 1 heterocycles. The maximum absolute atomic E-state index is 12.7. The summed E-state index contributed by atoms with van der Waals surface area (Å²) >= 11 is 0. The fraction of sp³-hybridized carbons (Fsp3) is 0.189. The van der Waals surface area contributed by atoms with Crippen LogP contribution < -0.4 is 0 Å². The fourth-order valence-corrected chi connectivity index (χ4v) is 7.09. The number of allylic oxidation sites excluding steroid dienone is 2. The van der Waals surface area contributed by atoms with E-state index in [0.717, 1.165) is 48.4 Å². The van der Waals surface area contributed by atoms with Crippen molar-refractivity contribution in [1.82, 2.24) is 0 Å². The van der Waals surface area contributed by atoms with Crippen LogP contribution in [0.3, 0.4) is 0 Å². The first kappa shape index (κ1) is 33.9. The Labute approximate surface area is 276 Å². The highest BCUT2D eigenvalue weighted by molar-refractivity contribution is 7.86. The van der Waals surface area contributed by atoms with Gasteiger partial charge in [-0.15, -0.1) is 0 Å². The molecule has 0 bridgehead atoms. The van der Waals surface area contributed by atoms with Gasteiger partial charge in [0.2, 0.25) is 11.4 Å². The number of hydrogen-bond acceptors (Lipinski definition) is 4. The van der Waals surface area contributed by atoms with E-state index in [1.54, 1.807) is 17.0 Å².